The van der Waals surface area contributed by atoms with Gasteiger partial charge in [-0.3, -0.25) is 4.79 Å². The lowest BCUT2D eigenvalue weighted by molar-refractivity contribution is 0.102. The Morgan fingerprint density at radius 2 is 2.14 bits per heavy atom. The molecule has 0 bridgehead atoms. The van der Waals surface area contributed by atoms with Crippen molar-refractivity contribution in [1.82, 2.24) is 14.6 Å². The molecule has 0 radical (unpaired) electrons. The first-order valence-electron chi connectivity index (χ1n) is 6.55. The van der Waals surface area contributed by atoms with Gasteiger partial charge in [-0.1, -0.05) is 17.7 Å². The molecule has 0 atom stereocenters. The quantitative estimate of drug-likeness (QED) is 0.806. The normalized spacial score (nSPS) is 10.7. The second-order valence-electron chi connectivity index (χ2n) is 4.72. The number of hydrogen-bond donors (Lipinski definition) is 1. The number of carbonyl (C=O) groups is 1. The van der Waals surface area contributed by atoms with Gasteiger partial charge in [0, 0.05) is 11.8 Å². The number of benzene rings is 1. The van der Waals surface area contributed by atoms with Crippen molar-refractivity contribution < 1.29 is 9.53 Å². The fraction of sp³-hybridized carbons (Fsp3) is 0.133. The van der Waals surface area contributed by atoms with Gasteiger partial charge < -0.3 is 10.1 Å². The van der Waals surface area contributed by atoms with Crippen LogP contribution in [0.1, 0.15) is 16.1 Å². The van der Waals surface area contributed by atoms with Crippen molar-refractivity contribution in [1.29, 1.82) is 0 Å². The van der Waals surface area contributed by atoms with Crippen molar-refractivity contribution in [3.05, 3.63) is 52.9 Å². The number of nitrogens with one attached hydrogen (secondary N) is 1. The van der Waals surface area contributed by atoms with Crippen LogP contribution in [0.25, 0.3) is 5.65 Å². The molecule has 0 aliphatic carbocycles. The molecule has 0 spiro atoms. The predicted molar refractivity (Wildman–Crippen MR) is 83.7 cm³/mol. The molecule has 0 unspecified atom stereocenters. The lowest BCUT2D eigenvalue weighted by atomic mass is 10.2. The lowest BCUT2D eigenvalue weighted by Gasteiger charge is -2.08. The minimum Gasteiger partial charge on any atom is -0.496 e. The van der Waals surface area contributed by atoms with E-state index in [-0.39, 0.29) is 11.6 Å². The van der Waals surface area contributed by atoms with Crippen molar-refractivity contribution in [3.63, 3.8) is 0 Å². The summed E-state index contributed by atoms with van der Waals surface area (Å²) < 4.78 is 6.70. The van der Waals surface area contributed by atoms with Gasteiger partial charge in [-0.05, 0) is 30.7 Å². The van der Waals surface area contributed by atoms with E-state index in [0.29, 0.717) is 22.2 Å². The van der Waals surface area contributed by atoms with Gasteiger partial charge in [-0.2, -0.15) is 5.10 Å². The standard InChI is InChI=1S/C15H13ClN4O2/c1-9-3-4-10(7-12(9)22-2)17-15(21)11-8-20-14(18-11)6-5-13(16)19-20/h3-8H,1-2H3,(H,17,21). The first-order valence-corrected chi connectivity index (χ1v) is 6.92. The Kier molecular flexibility index (Phi) is 3.68. The Morgan fingerprint density at radius 3 is 2.91 bits per heavy atom. The summed E-state index contributed by atoms with van der Waals surface area (Å²) in [6.45, 7) is 1.93. The Balaban J connectivity index is 1.86. The number of amides is 1. The van der Waals surface area contributed by atoms with Crippen LogP contribution in [-0.4, -0.2) is 27.6 Å². The van der Waals surface area contributed by atoms with E-state index in [1.165, 1.54) is 10.7 Å². The van der Waals surface area contributed by atoms with Crippen molar-refractivity contribution in [3.8, 4) is 5.75 Å². The largest absolute Gasteiger partial charge is 0.496 e. The van der Waals surface area contributed by atoms with Crippen molar-refractivity contribution in [2.45, 2.75) is 6.92 Å². The van der Waals surface area contributed by atoms with E-state index < -0.39 is 0 Å². The second-order valence-corrected chi connectivity index (χ2v) is 5.11. The summed E-state index contributed by atoms with van der Waals surface area (Å²) in [6.07, 6.45) is 1.53. The number of nitrogens with zero attached hydrogens (tertiary/aromatic N) is 3. The molecule has 3 aromatic rings. The molecule has 1 amide bonds. The first-order chi connectivity index (χ1) is 10.6. The summed E-state index contributed by atoms with van der Waals surface area (Å²) in [4.78, 5) is 16.5. The van der Waals surface area contributed by atoms with E-state index in [0.717, 1.165) is 5.56 Å². The van der Waals surface area contributed by atoms with Gasteiger partial charge in [0.25, 0.3) is 5.91 Å². The minimum atomic E-state index is -0.326. The summed E-state index contributed by atoms with van der Waals surface area (Å²) in [5.41, 5.74) is 2.44. The van der Waals surface area contributed by atoms with E-state index in [1.54, 1.807) is 31.4 Å². The fourth-order valence-corrected chi connectivity index (χ4v) is 2.21. The topological polar surface area (TPSA) is 68.5 Å². The second kappa shape index (κ2) is 5.65. The van der Waals surface area contributed by atoms with E-state index in [1.807, 2.05) is 13.0 Å². The molecule has 1 N–H and O–H groups in total. The molecule has 22 heavy (non-hydrogen) atoms. The van der Waals surface area contributed by atoms with Gasteiger partial charge in [0.05, 0.1) is 13.3 Å². The predicted octanol–water partition coefficient (Wildman–Crippen LogP) is 2.95. The van der Waals surface area contributed by atoms with Crippen molar-refractivity contribution in [2.75, 3.05) is 12.4 Å². The third-order valence-corrected chi connectivity index (χ3v) is 3.39. The van der Waals surface area contributed by atoms with Gasteiger partial charge in [0.1, 0.15) is 16.6 Å². The highest BCUT2D eigenvalue weighted by atomic mass is 35.5. The number of rotatable bonds is 3. The highest BCUT2D eigenvalue weighted by Gasteiger charge is 2.12. The van der Waals surface area contributed by atoms with E-state index in [4.69, 9.17) is 16.3 Å². The number of carbonyl (C=O) groups excluding carboxylic acids is 1. The lowest BCUT2D eigenvalue weighted by Crippen LogP contribution is -2.12. The molecule has 2 aromatic heterocycles. The first kappa shape index (κ1) is 14.3. The molecule has 0 saturated carbocycles. The van der Waals surface area contributed by atoms with Gasteiger partial charge in [0.2, 0.25) is 0 Å². The number of imidazole rings is 1. The monoisotopic (exact) mass is 316 g/mol. The third-order valence-electron chi connectivity index (χ3n) is 3.19. The highest BCUT2D eigenvalue weighted by Crippen LogP contribution is 2.22. The summed E-state index contributed by atoms with van der Waals surface area (Å²) in [5, 5.41) is 7.16. The maximum Gasteiger partial charge on any atom is 0.275 e. The summed E-state index contributed by atoms with van der Waals surface area (Å²) in [7, 11) is 1.59. The molecule has 6 nitrogen and oxygen atoms in total. The van der Waals surface area contributed by atoms with Gasteiger partial charge in [-0.15, -0.1) is 0 Å². The minimum absolute atomic E-state index is 0.259. The van der Waals surface area contributed by atoms with Crippen LogP contribution in [0, 0.1) is 6.92 Å². The van der Waals surface area contributed by atoms with Crippen LogP contribution in [0.15, 0.2) is 36.5 Å². The number of aryl methyl sites for hydroxylation is 1. The zero-order chi connectivity index (χ0) is 15.7. The average Bonchev–Trinajstić information content (AvgIpc) is 2.92. The Labute approximate surface area is 131 Å². The SMILES string of the molecule is COc1cc(NC(=O)c2cn3nc(Cl)ccc3n2)ccc1C. The van der Waals surface area contributed by atoms with E-state index >= 15 is 0 Å². The number of anilines is 1. The van der Waals surface area contributed by atoms with Crippen molar-refractivity contribution >= 4 is 28.8 Å². The van der Waals surface area contributed by atoms with Gasteiger partial charge >= 0.3 is 0 Å². The maximum atomic E-state index is 12.3. The zero-order valence-corrected chi connectivity index (χ0v) is 12.8. The van der Waals surface area contributed by atoms with Crippen LogP contribution in [0.3, 0.4) is 0 Å². The summed E-state index contributed by atoms with van der Waals surface area (Å²) >= 11 is 5.81. The molecule has 2 heterocycles. The van der Waals surface area contributed by atoms with E-state index in [9.17, 15) is 4.79 Å². The molecule has 3 rings (SSSR count). The Morgan fingerprint density at radius 1 is 1.32 bits per heavy atom. The molecule has 1 aromatic carbocycles. The van der Waals surface area contributed by atoms with Crippen LogP contribution < -0.4 is 10.1 Å². The molecular weight excluding hydrogens is 304 g/mol. The molecule has 0 aliphatic rings. The maximum absolute atomic E-state index is 12.3. The Bertz CT molecular complexity index is 860. The molecule has 0 fully saturated rings. The van der Waals surface area contributed by atoms with Gasteiger partial charge in [0.15, 0.2) is 5.65 Å². The number of fused-ring (bicyclic) bond motifs is 1. The zero-order valence-electron chi connectivity index (χ0n) is 12.0. The number of halogens is 1. The molecule has 0 aliphatic heterocycles. The number of ether oxygens (including phenoxy) is 1. The van der Waals surface area contributed by atoms with Crippen molar-refractivity contribution in [2.24, 2.45) is 0 Å². The molecule has 0 saturated heterocycles. The molecular formula is C15H13ClN4O2. The van der Waals surface area contributed by atoms with Crippen LogP contribution >= 0.6 is 11.6 Å². The van der Waals surface area contributed by atoms with Crippen LogP contribution in [0.5, 0.6) is 5.75 Å². The molecule has 7 heteroatoms. The van der Waals surface area contributed by atoms with Crippen LogP contribution in [0.4, 0.5) is 5.69 Å². The highest BCUT2D eigenvalue weighted by molar-refractivity contribution is 6.29. The van der Waals surface area contributed by atoms with Crippen LogP contribution in [-0.2, 0) is 0 Å². The number of methoxy groups -OCH3 is 1. The molecule has 112 valence electrons. The summed E-state index contributed by atoms with van der Waals surface area (Å²) in [6, 6.07) is 8.76. The fourth-order valence-electron chi connectivity index (χ4n) is 2.06. The number of hydrogen-bond acceptors (Lipinski definition) is 4. The average molecular weight is 317 g/mol. The van der Waals surface area contributed by atoms with Crippen LogP contribution in [0.2, 0.25) is 5.15 Å². The van der Waals surface area contributed by atoms with E-state index in [2.05, 4.69) is 15.4 Å². The number of aromatic nitrogens is 3. The summed E-state index contributed by atoms with van der Waals surface area (Å²) in [5.74, 6) is 0.383. The smallest absolute Gasteiger partial charge is 0.275 e. The Hall–Kier alpha value is -2.60. The third kappa shape index (κ3) is 2.73. The van der Waals surface area contributed by atoms with Gasteiger partial charge in [-0.25, -0.2) is 9.50 Å².